The molecule has 1 amide bonds. The van der Waals surface area contributed by atoms with Crippen molar-refractivity contribution in [3.8, 4) is 0 Å². The van der Waals surface area contributed by atoms with Crippen molar-refractivity contribution in [2.45, 2.75) is 57.4 Å². The predicted molar refractivity (Wildman–Crippen MR) is 72.0 cm³/mol. The van der Waals surface area contributed by atoms with Crippen LogP contribution in [0.1, 0.15) is 51.4 Å². The van der Waals surface area contributed by atoms with Gasteiger partial charge >= 0.3 is 0 Å². The van der Waals surface area contributed by atoms with Crippen LogP contribution in [-0.2, 0) is 4.79 Å². The Balaban J connectivity index is 1.58. The lowest BCUT2D eigenvalue weighted by Crippen LogP contribution is -2.36. The van der Waals surface area contributed by atoms with Crippen molar-refractivity contribution in [1.29, 1.82) is 0 Å². The molecule has 18 heavy (non-hydrogen) atoms. The molecule has 1 aliphatic heterocycles. The molecular weight excluding hydrogens is 224 g/mol. The Bertz CT molecular complexity index is 306. The van der Waals surface area contributed by atoms with Gasteiger partial charge in [0.05, 0.1) is 0 Å². The summed E-state index contributed by atoms with van der Waals surface area (Å²) in [4.78, 5) is 14.6. The van der Waals surface area contributed by atoms with Gasteiger partial charge in [-0.1, -0.05) is 25.7 Å². The first-order valence-corrected chi connectivity index (χ1v) is 7.80. The molecule has 0 spiro atoms. The number of rotatable bonds is 2. The van der Waals surface area contributed by atoms with Gasteiger partial charge in [0.2, 0.25) is 5.91 Å². The second-order valence-electron chi connectivity index (χ2n) is 6.60. The summed E-state index contributed by atoms with van der Waals surface area (Å²) in [7, 11) is 0. The Morgan fingerprint density at radius 2 is 1.61 bits per heavy atom. The largest absolute Gasteiger partial charge is 0.341 e. The minimum absolute atomic E-state index is 0.243. The summed E-state index contributed by atoms with van der Waals surface area (Å²) in [5, 5.41) is 0. The third kappa shape index (κ3) is 2.56. The summed E-state index contributed by atoms with van der Waals surface area (Å²) in [6.07, 6.45) is 10.00. The van der Waals surface area contributed by atoms with Gasteiger partial charge < -0.3 is 10.6 Å². The van der Waals surface area contributed by atoms with E-state index in [1.54, 1.807) is 0 Å². The van der Waals surface area contributed by atoms with Crippen LogP contribution in [0.2, 0.25) is 0 Å². The zero-order valence-corrected chi connectivity index (χ0v) is 11.3. The number of amides is 1. The number of carbonyl (C=O) groups is 1. The fourth-order valence-corrected chi connectivity index (χ4v) is 3.84. The first-order valence-electron chi connectivity index (χ1n) is 7.80. The average molecular weight is 250 g/mol. The van der Waals surface area contributed by atoms with Crippen molar-refractivity contribution in [3.63, 3.8) is 0 Å². The van der Waals surface area contributed by atoms with Crippen LogP contribution in [0.4, 0.5) is 0 Å². The minimum Gasteiger partial charge on any atom is -0.341 e. The monoisotopic (exact) mass is 250 g/mol. The third-order valence-corrected chi connectivity index (χ3v) is 5.16. The first-order chi connectivity index (χ1) is 8.75. The maximum Gasteiger partial charge on any atom is 0.225 e. The fourth-order valence-electron chi connectivity index (χ4n) is 3.84. The topological polar surface area (TPSA) is 46.3 Å². The molecule has 1 saturated heterocycles. The molecular formula is C15H26N2O. The van der Waals surface area contributed by atoms with Crippen LogP contribution in [0.15, 0.2) is 0 Å². The van der Waals surface area contributed by atoms with Crippen molar-refractivity contribution in [2.24, 2.45) is 23.5 Å². The standard InChI is InChI=1S/C15H26N2O/c16-14-10-17(9-13(14)11-7-8-11)15(18)12-5-3-1-2-4-6-12/h11-14H,1-10,16H2/t13-,14+/m0/s1. The van der Waals surface area contributed by atoms with E-state index in [0.717, 1.165) is 31.8 Å². The Morgan fingerprint density at radius 1 is 0.944 bits per heavy atom. The summed E-state index contributed by atoms with van der Waals surface area (Å²) < 4.78 is 0. The van der Waals surface area contributed by atoms with E-state index in [4.69, 9.17) is 5.73 Å². The van der Waals surface area contributed by atoms with Crippen LogP contribution in [-0.4, -0.2) is 29.9 Å². The van der Waals surface area contributed by atoms with Crippen molar-refractivity contribution in [3.05, 3.63) is 0 Å². The number of hydrogen-bond donors (Lipinski definition) is 1. The quantitative estimate of drug-likeness (QED) is 0.763. The van der Waals surface area contributed by atoms with E-state index in [0.29, 0.717) is 17.7 Å². The van der Waals surface area contributed by atoms with Gasteiger partial charge in [-0.3, -0.25) is 4.79 Å². The van der Waals surface area contributed by atoms with Gasteiger partial charge in [0.15, 0.2) is 0 Å². The fraction of sp³-hybridized carbons (Fsp3) is 0.933. The molecule has 0 radical (unpaired) electrons. The maximum atomic E-state index is 12.6. The summed E-state index contributed by atoms with van der Waals surface area (Å²) >= 11 is 0. The Morgan fingerprint density at radius 3 is 2.22 bits per heavy atom. The van der Waals surface area contributed by atoms with Gasteiger partial charge in [0, 0.05) is 25.0 Å². The van der Waals surface area contributed by atoms with E-state index < -0.39 is 0 Å². The lowest BCUT2D eigenvalue weighted by Gasteiger charge is -2.22. The number of hydrogen-bond acceptors (Lipinski definition) is 2. The minimum atomic E-state index is 0.243. The highest BCUT2D eigenvalue weighted by Crippen LogP contribution is 2.41. The summed E-state index contributed by atoms with van der Waals surface area (Å²) in [5.74, 6) is 2.14. The summed E-state index contributed by atoms with van der Waals surface area (Å²) in [6, 6.07) is 0.243. The zero-order valence-electron chi connectivity index (χ0n) is 11.3. The lowest BCUT2D eigenvalue weighted by molar-refractivity contribution is -0.135. The van der Waals surface area contributed by atoms with Crippen LogP contribution in [0, 0.1) is 17.8 Å². The van der Waals surface area contributed by atoms with Crippen LogP contribution >= 0.6 is 0 Å². The Hall–Kier alpha value is -0.570. The molecule has 0 aromatic heterocycles. The van der Waals surface area contributed by atoms with Crippen molar-refractivity contribution < 1.29 is 4.79 Å². The number of nitrogens with two attached hydrogens (primary N) is 1. The molecule has 1 heterocycles. The van der Waals surface area contributed by atoms with Crippen LogP contribution in [0.5, 0.6) is 0 Å². The van der Waals surface area contributed by atoms with Crippen LogP contribution < -0.4 is 5.73 Å². The van der Waals surface area contributed by atoms with Crippen LogP contribution in [0.3, 0.4) is 0 Å². The van der Waals surface area contributed by atoms with E-state index >= 15 is 0 Å². The van der Waals surface area contributed by atoms with Gasteiger partial charge in [-0.15, -0.1) is 0 Å². The van der Waals surface area contributed by atoms with Gasteiger partial charge in [0.1, 0.15) is 0 Å². The first kappa shape index (κ1) is 12.5. The number of carbonyl (C=O) groups excluding carboxylic acids is 1. The van der Waals surface area contributed by atoms with Gasteiger partial charge in [-0.05, 0) is 37.5 Å². The van der Waals surface area contributed by atoms with E-state index in [1.807, 2.05) is 0 Å². The molecule has 3 rings (SSSR count). The molecule has 3 nitrogen and oxygen atoms in total. The lowest BCUT2D eigenvalue weighted by atomic mass is 9.98. The van der Waals surface area contributed by atoms with Crippen LogP contribution in [0.25, 0.3) is 0 Å². The molecule has 0 unspecified atom stereocenters. The zero-order chi connectivity index (χ0) is 12.5. The predicted octanol–water partition coefficient (Wildman–Crippen LogP) is 2.15. The molecule has 0 aromatic rings. The highest BCUT2D eigenvalue weighted by Gasteiger charge is 2.43. The normalized spacial score (nSPS) is 34.6. The van der Waals surface area contributed by atoms with E-state index in [2.05, 4.69) is 4.90 Å². The summed E-state index contributed by atoms with van der Waals surface area (Å²) in [5.41, 5.74) is 6.21. The second-order valence-corrected chi connectivity index (χ2v) is 6.60. The highest BCUT2D eigenvalue weighted by molar-refractivity contribution is 5.79. The maximum absolute atomic E-state index is 12.6. The molecule has 0 bridgehead atoms. The van der Waals surface area contributed by atoms with E-state index in [1.165, 1.54) is 38.5 Å². The molecule has 2 aliphatic carbocycles. The number of likely N-dealkylation sites (tertiary alicyclic amines) is 1. The van der Waals surface area contributed by atoms with Gasteiger partial charge in [-0.2, -0.15) is 0 Å². The smallest absolute Gasteiger partial charge is 0.225 e. The second kappa shape index (κ2) is 5.20. The molecule has 0 aromatic carbocycles. The van der Waals surface area contributed by atoms with Crippen molar-refractivity contribution in [2.75, 3.05) is 13.1 Å². The van der Waals surface area contributed by atoms with Crippen molar-refractivity contribution >= 4 is 5.91 Å². The SMILES string of the molecule is N[C@@H]1CN(C(=O)C2CCCCCC2)C[C@H]1C1CC1. The van der Waals surface area contributed by atoms with Gasteiger partial charge in [-0.25, -0.2) is 0 Å². The van der Waals surface area contributed by atoms with E-state index in [9.17, 15) is 4.79 Å². The summed E-state index contributed by atoms with van der Waals surface area (Å²) in [6.45, 7) is 1.76. The third-order valence-electron chi connectivity index (χ3n) is 5.16. The van der Waals surface area contributed by atoms with Crippen molar-refractivity contribution in [1.82, 2.24) is 4.90 Å². The molecule has 2 atom stereocenters. The molecule has 3 heteroatoms. The molecule has 2 N–H and O–H groups in total. The molecule has 3 fully saturated rings. The average Bonchev–Trinajstić information content (AvgIpc) is 3.16. The van der Waals surface area contributed by atoms with E-state index in [-0.39, 0.29) is 6.04 Å². The highest BCUT2D eigenvalue weighted by atomic mass is 16.2. The molecule has 3 aliphatic rings. The van der Waals surface area contributed by atoms with Gasteiger partial charge in [0.25, 0.3) is 0 Å². The molecule has 102 valence electrons. The molecule has 2 saturated carbocycles. The Kier molecular flexibility index (Phi) is 3.60. The number of nitrogens with zero attached hydrogens (tertiary/aromatic N) is 1. The Labute approximate surface area is 110 Å².